The Morgan fingerprint density at radius 2 is 1.95 bits per heavy atom. The van der Waals surface area contributed by atoms with E-state index >= 15 is 0 Å². The molecule has 0 spiro atoms. The van der Waals surface area contributed by atoms with Crippen LogP contribution in [-0.2, 0) is 10.0 Å². The first-order chi connectivity index (χ1) is 9.08. The summed E-state index contributed by atoms with van der Waals surface area (Å²) in [6, 6.07) is 7.19. The molecule has 1 fully saturated rings. The van der Waals surface area contributed by atoms with Crippen molar-refractivity contribution in [2.24, 2.45) is 10.9 Å². The molecule has 4 nitrogen and oxygen atoms in total. The summed E-state index contributed by atoms with van der Waals surface area (Å²) in [5, 5.41) is 0. The van der Waals surface area contributed by atoms with Crippen molar-refractivity contribution in [3.8, 4) is 0 Å². The number of amidine groups is 1. The molecule has 102 valence electrons. The molecule has 3 rings (SSSR count). The summed E-state index contributed by atoms with van der Waals surface area (Å²) in [5.41, 5.74) is 0.701. The van der Waals surface area contributed by atoms with E-state index in [1.54, 1.807) is 12.1 Å². The van der Waals surface area contributed by atoms with Crippen LogP contribution in [0.2, 0.25) is 0 Å². The highest BCUT2D eigenvalue weighted by atomic mass is 32.2. The normalized spacial score (nSPS) is 25.2. The first kappa shape index (κ1) is 12.7. The van der Waals surface area contributed by atoms with Gasteiger partial charge in [-0.05, 0) is 37.8 Å². The number of aliphatic imine (C=N–C) groups is 1. The molecule has 1 aliphatic heterocycles. The van der Waals surface area contributed by atoms with Gasteiger partial charge in [0.1, 0.15) is 5.84 Å². The second kappa shape index (κ2) is 4.63. The summed E-state index contributed by atoms with van der Waals surface area (Å²) < 4.78 is 26.5. The number of hydrogen-bond donors (Lipinski definition) is 1. The summed E-state index contributed by atoms with van der Waals surface area (Å²) in [6.07, 6.45) is 4.93. The molecule has 1 saturated carbocycles. The molecular formula is C14H18N2O2S. The summed E-state index contributed by atoms with van der Waals surface area (Å²) in [5.74, 6) is 1.10. The highest BCUT2D eigenvalue weighted by Gasteiger charge is 2.31. The number of sulfonamides is 1. The fraction of sp³-hybridized carbons (Fsp3) is 0.500. The second-order valence-electron chi connectivity index (χ2n) is 5.36. The Hall–Kier alpha value is -1.36. The first-order valence-electron chi connectivity index (χ1n) is 6.78. The van der Waals surface area contributed by atoms with E-state index in [4.69, 9.17) is 0 Å². The van der Waals surface area contributed by atoms with Crippen LogP contribution in [0.3, 0.4) is 0 Å². The molecule has 1 unspecified atom stereocenters. The molecule has 1 aromatic carbocycles. The van der Waals surface area contributed by atoms with E-state index in [1.807, 2.05) is 12.1 Å². The Morgan fingerprint density at radius 1 is 1.26 bits per heavy atom. The number of benzene rings is 1. The second-order valence-corrected chi connectivity index (χ2v) is 7.02. The van der Waals surface area contributed by atoms with Crippen LogP contribution in [0.4, 0.5) is 0 Å². The predicted molar refractivity (Wildman–Crippen MR) is 74.7 cm³/mol. The molecule has 0 radical (unpaired) electrons. The van der Waals surface area contributed by atoms with Crippen LogP contribution >= 0.6 is 0 Å². The van der Waals surface area contributed by atoms with E-state index in [0.717, 1.165) is 0 Å². The summed E-state index contributed by atoms with van der Waals surface area (Å²) in [7, 11) is -3.40. The van der Waals surface area contributed by atoms with Crippen molar-refractivity contribution < 1.29 is 8.42 Å². The van der Waals surface area contributed by atoms with Crippen LogP contribution in [0.25, 0.3) is 0 Å². The molecular weight excluding hydrogens is 260 g/mol. The Balaban J connectivity index is 1.94. The third-order valence-electron chi connectivity index (χ3n) is 4.08. The monoisotopic (exact) mass is 278 g/mol. The SMILES string of the molecule is CC(N=C1NS(=O)(=O)c2ccccc21)C1CCCC1. The average Bonchev–Trinajstić information content (AvgIpc) is 2.98. The van der Waals surface area contributed by atoms with E-state index in [1.165, 1.54) is 25.7 Å². The number of nitrogens with zero attached hydrogens (tertiary/aromatic N) is 1. The Bertz CT molecular complexity index is 616. The maximum atomic E-state index is 12.0. The number of nitrogens with one attached hydrogen (secondary N) is 1. The topological polar surface area (TPSA) is 58.5 Å². The van der Waals surface area contributed by atoms with Gasteiger partial charge in [-0.3, -0.25) is 9.71 Å². The van der Waals surface area contributed by atoms with Gasteiger partial charge in [0.2, 0.25) is 0 Å². The van der Waals surface area contributed by atoms with Gasteiger partial charge in [-0.25, -0.2) is 8.42 Å². The lowest BCUT2D eigenvalue weighted by Crippen LogP contribution is -2.25. The molecule has 1 N–H and O–H groups in total. The smallest absolute Gasteiger partial charge is 0.263 e. The van der Waals surface area contributed by atoms with Gasteiger partial charge in [0.15, 0.2) is 0 Å². The van der Waals surface area contributed by atoms with E-state index in [9.17, 15) is 8.42 Å². The predicted octanol–water partition coefficient (Wildman–Crippen LogP) is 2.30. The maximum absolute atomic E-state index is 12.0. The number of rotatable bonds is 2. The van der Waals surface area contributed by atoms with Crippen molar-refractivity contribution >= 4 is 15.9 Å². The Labute approximate surface area is 114 Å². The van der Waals surface area contributed by atoms with E-state index in [2.05, 4.69) is 16.6 Å². The van der Waals surface area contributed by atoms with E-state index in [-0.39, 0.29) is 6.04 Å². The molecule has 2 aliphatic rings. The quantitative estimate of drug-likeness (QED) is 0.902. The molecule has 1 heterocycles. The molecule has 19 heavy (non-hydrogen) atoms. The fourth-order valence-electron chi connectivity index (χ4n) is 2.98. The minimum Gasteiger partial charge on any atom is -0.264 e. The zero-order chi connectivity index (χ0) is 13.5. The largest absolute Gasteiger partial charge is 0.264 e. The molecule has 1 atom stereocenters. The number of hydrogen-bond acceptors (Lipinski definition) is 3. The van der Waals surface area contributed by atoms with Crippen molar-refractivity contribution in [2.75, 3.05) is 0 Å². The van der Waals surface area contributed by atoms with Gasteiger partial charge in [-0.15, -0.1) is 0 Å². The third kappa shape index (κ3) is 2.27. The van der Waals surface area contributed by atoms with E-state index in [0.29, 0.717) is 22.2 Å². The van der Waals surface area contributed by atoms with Crippen LogP contribution in [0.5, 0.6) is 0 Å². The van der Waals surface area contributed by atoms with E-state index < -0.39 is 10.0 Å². The van der Waals surface area contributed by atoms with Crippen LogP contribution in [-0.4, -0.2) is 20.3 Å². The van der Waals surface area contributed by atoms with Crippen molar-refractivity contribution in [3.05, 3.63) is 29.8 Å². The number of fused-ring (bicyclic) bond motifs is 1. The van der Waals surface area contributed by atoms with Crippen LogP contribution < -0.4 is 4.72 Å². The van der Waals surface area contributed by atoms with Crippen LogP contribution in [0, 0.1) is 5.92 Å². The van der Waals surface area contributed by atoms with Gasteiger partial charge in [-0.2, -0.15) is 0 Å². The zero-order valence-electron chi connectivity index (χ0n) is 11.0. The molecule has 0 bridgehead atoms. The molecule has 1 aliphatic carbocycles. The Morgan fingerprint density at radius 3 is 2.68 bits per heavy atom. The van der Waals surface area contributed by atoms with Gasteiger partial charge < -0.3 is 0 Å². The highest BCUT2D eigenvalue weighted by Crippen LogP contribution is 2.30. The van der Waals surface area contributed by atoms with Crippen molar-refractivity contribution in [3.63, 3.8) is 0 Å². The van der Waals surface area contributed by atoms with Crippen molar-refractivity contribution in [1.29, 1.82) is 0 Å². The fourth-order valence-corrected chi connectivity index (χ4v) is 4.22. The van der Waals surface area contributed by atoms with Gasteiger partial charge in [0, 0.05) is 5.56 Å². The molecule has 5 heteroatoms. The minimum atomic E-state index is -3.40. The maximum Gasteiger partial charge on any atom is 0.263 e. The average molecular weight is 278 g/mol. The summed E-state index contributed by atoms with van der Waals surface area (Å²) in [6.45, 7) is 2.08. The summed E-state index contributed by atoms with van der Waals surface area (Å²) >= 11 is 0. The molecule has 0 saturated heterocycles. The summed E-state index contributed by atoms with van der Waals surface area (Å²) in [4.78, 5) is 4.96. The molecule has 0 amide bonds. The van der Waals surface area contributed by atoms with Gasteiger partial charge >= 0.3 is 0 Å². The zero-order valence-corrected chi connectivity index (χ0v) is 11.8. The van der Waals surface area contributed by atoms with Gasteiger partial charge in [-0.1, -0.05) is 25.0 Å². The van der Waals surface area contributed by atoms with Crippen molar-refractivity contribution in [2.45, 2.75) is 43.5 Å². The lowest BCUT2D eigenvalue weighted by atomic mass is 10.0. The molecule has 1 aromatic rings. The van der Waals surface area contributed by atoms with Crippen LogP contribution in [0.1, 0.15) is 38.2 Å². The molecule has 0 aromatic heterocycles. The standard InChI is InChI=1S/C14H18N2O2S/c1-10(11-6-2-3-7-11)15-14-12-8-4-5-9-13(12)19(17,18)16-14/h4-5,8-11H,2-3,6-7H2,1H3,(H,15,16). The lowest BCUT2D eigenvalue weighted by molar-refractivity contribution is 0.460. The van der Waals surface area contributed by atoms with Gasteiger partial charge in [0.05, 0.1) is 10.9 Å². The van der Waals surface area contributed by atoms with Gasteiger partial charge in [0.25, 0.3) is 10.0 Å². The lowest BCUT2D eigenvalue weighted by Gasteiger charge is -2.15. The van der Waals surface area contributed by atoms with Crippen LogP contribution in [0.15, 0.2) is 34.2 Å². The third-order valence-corrected chi connectivity index (χ3v) is 5.47. The van der Waals surface area contributed by atoms with Crippen molar-refractivity contribution in [1.82, 2.24) is 4.72 Å². The first-order valence-corrected chi connectivity index (χ1v) is 8.26. The Kier molecular flexibility index (Phi) is 3.09. The highest BCUT2D eigenvalue weighted by molar-refractivity contribution is 7.90. The minimum absolute atomic E-state index is 0.173.